The fourth-order valence-electron chi connectivity index (χ4n) is 7.47. The van der Waals surface area contributed by atoms with Crippen LogP contribution in [0.2, 0.25) is 0 Å². The molecule has 0 radical (unpaired) electrons. The number of hydrogen-bond acceptors (Lipinski definition) is 7. The van der Waals surface area contributed by atoms with Gasteiger partial charge < -0.3 is 9.84 Å². The highest BCUT2D eigenvalue weighted by molar-refractivity contribution is 6.25. The van der Waals surface area contributed by atoms with Gasteiger partial charge in [0.2, 0.25) is 11.8 Å². The molecule has 8 nitrogen and oxygen atoms in total. The number of allylic oxidation sites excluding steroid dienone is 6. The van der Waals surface area contributed by atoms with Crippen LogP contribution in [0, 0.1) is 17.8 Å². The Morgan fingerprint density at radius 2 is 1.58 bits per heavy atom. The number of carbonyl (C=O) groups is 5. The number of phenols is 1. The second-order valence-electron chi connectivity index (χ2n) is 11.9. The number of ketones is 3. The Balaban J connectivity index is 1.28. The van der Waals surface area contributed by atoms with Crippen LogP contribution in [-0.2, 0) is 19.2 Å². The minimum atomic E-state index is -0.823. The van der Waals surface area contributed by atoms with E-state index in [1.54, 1.807) is 67.6 Å². The van der Waals surface area contributed by atoms with Crippen molar-refractivity contribution in [2.75, 3.05) is 12.0 Å². The van der Waals surface area contributed by atoms with Crippen molar-refractivity contribution in [3.05, 3.63) is 124 Å². The molecule has 1 aliphatic heterocycles. The third kappa shape index (κ3) is 4.31. The van der Waals surface area contributed by atoms with Crippen molar-refractivity contribution >= 4 is 34.9 Å². The zero-order valence-electron chi connectivity index (χ0n) is 24.7. The molecule has 7 rings (SSSR count). The van der Waals surface area contributed by atoms with Crippen LogP contribution < -0.4 is 9.64 Å². The van der Waals surface area contributed by atoms with E-state index in [1.165, 1.54) is 24.2 Å². The van der Waals surface area contributed by atoms with Crippen molar-refractivity contribution in [2.45, 2.75) is 25.7 Å². The van der Waals surface area contributed by atoms with E-state index in [0.29, 0.717) is 39.3 Å². The second kappa shape index (κ2) is 10.7. The standard InChI is InChI=1S/C37H29NO7/c1-19-17-28(40)26-18-25-23(31(32(26)34(19)41)33-27(39)9-6-10-29(33)45-2)15-16-24-30(25)37(44)38(36(24)43)22-13-11-21(12-14-22)35(42)20-7-4-3-5-8-20/h3-15,17,24-25,30-31,39H,16,18H2,1-2H3/t24-,25+,30-,31-/m0/s1. The Morgan fingerprint density at radius 3 is 2.29 bits per heavy atom. The first-order chi connectivity index (χ1) is 21.7. The van der Waals surface area contributed by atoms with Gasteiger partial charge in [0, 0.05) is 39.3 Å². The molecule has 0 bridgehead atoms. The maximum atomic E-state index is 14.2. The van der Waals surface area contributed by atoms with Gasteiger partial charge in [-0.3, -0.25) is 28.9 Å². The number of hydrogen-bond donors (Lipinski definition) is 1. The van der Waals surface area contributed by atoms with Gasteiger partial charge in [0.05, 0.1) is 24.6 Å². The first-order valence-corrected chi connectivity index (χ1v) is 14.8. The van der Waals surface area contributed by atoms with Gasteiger partial charge in [-0.1, -0.05) is 48.0 Å². The van der Waals surface area contributed by atoms with Crippen molar-refractivity contribution in [3.63, 3.8) is 0 Å². The quantitative estimate of drug-likeness (QED) is 0.184. The molecular weight excluding hydrogens is 570 g/mol. The van der Waals surface area contributed by atoms with Gasteiger partial charge >= 0.3 is 0 Å². The number of methoxy groups -OCH3 is 1. The lowest BCUT2D eigenvalue weighted by Crippen LogP contribution is -2.40. The molecule has 3 aromatic carbocycles. The van der Waals surface area contributed by atoms with E-state index >= 15 is 0 Å². The molecule has 0 unspecified atom stereocenters. The van der Waals surface area contributed by atoms with Gasteiger partial charge in [-0.2, -0.15) is 0 Å². The fraction of sp³-hybridized carbons (Fsp3) is 0.216. The molecule has 0 aromatic heterocycles. The van der Waals surface area contributed by atoms with Crippen LogP contribution in [0.15, 0.2) is 107 Å². The van der Waals surface area contributed by atoms with Gasteiger partial charge in [0.1, 0.15) is 11.5 Å². The Hall–Kier alpha value is -5.37. The van der Waals surface area contributed by atoms with E-state index in [2.05, 4.69) is 0 Å². The molecule has 4 atom stereocenters. The minimum Gasteiger partial charge on any atom is -0.507 e. The van der Waals surface area contributed by atoms with E-state index in [0.717, 1.165) is 5.57 Å². The van der Waals surface area contributed by atoms with Gasteiger partial charge in [-0.25, -0.2) is 0 Å². The summed E-state index contributed by atoms with van der Waals surface area (Å²) < 4.78 is 5.61. The summed E-state index contributed by atoms with van der Waals surface area (Å²) in [4.78, 5) is 69.2. The highest BCUT2D eigenvalue weighted by Gasteiger charge is 2.57. The molecule has 1 saturated heterocycles. The molecule has 3 aliphatic carbocycles. The number of rotatable bonds is 5. The topological polar surface area (TPSA) is 118 Å². The maximum absolute atomic E-state index is 14.2. The van der Waals surface area contributed by atoms with Crippen molar-refractivity contribution in [1.82, 2.24) is 0 Å². The SMILES string of the molecule is COc1cccc(O)c1[C@H]1C2=CC[C@@H]3C(=O)N(c4ccc(C(=O)c5ccccc5)cc4)C(=O)[C@@H]3[C@@H]2CC2=C1C(=O)C(C)=CC2=O. The van der Waals surface area contributed by atoms with E-state index in [1.807, 2.05) is 12.1 Å². The summed E-state index contributed by atoms with van der Waals surface area (Å²) in [6.07, 6.45) is 3.60. The van der Waals surface area contributed by atoms with E-state index in [9.17, 15) is 29.1 Å². The van der Waals surface area contributed by atoms with Crippen LogP contribution in [0.3, 0.4) is 0 Å². The number of amides is 2. The average molecular weight is 600 g/mol. The lowest BCUT2D eigenvalue weighted by atomic mass is 9.59. The number of fused-ring (bicyclic) bond motifs is 3. The number of carbonyl (C=O) groups excluding carboxylic acids is 5. The van der Waals surface area contributed by atoms with Crippen LogP contribution in [0.5, 0.6) is 11.5 Å². The summed E-state index contributed by atoms with van der Waals surface area (Å²) in [5.41, 5.74) is 3.29. The van der Waals surface area contributed by atoms with Crippen molar-refractivity contribution in [1.29, 1.82) is 0 Å². The molecular formula is C37H29NO7. The highest BCUT2D eigenvalue weighted by atomic mass is 16.5. The number of nitrogens with zero attached hydrogens (tertiary/aromatic N) is 1. The molecule has 3 aromatic rings. The predicted molar refractivity (Wildman–Crippen MR) is 165 cm³/mol. The van der Waals surface area contributed by atoms with Crippen LogP contribution in [0.1, 0.15) is 47.2 Å². The molecule has 45 heavy (non-hydrogen) atoms. The van der Waals surface area contributed by atoms with Crippen LogP contribution in [0.4, 0.5) is 5.69 Å². The molecule has 1 heterocycles. The minimum absolute atomic E-state index is 0.0945. The van der Waals surface area contributed by atoms with Gasteiger partial charge in [0.25, 0.3) is 0 Å². The van der Waals surface area contributed by atoms with Gasteiger partial charge in [-0.15, -0.1) is 0 Å². The summed E-state index contributed by atoms with van der Waals surface area (Å²) >= 11 is 0. The molecule has 4 aliphatic rings. The van der Waals surface area contributed by atoms with Crippen molar-refractivity contribution < 1.29 is 33.8 Å². The zero-order chi connectivity index (χ0) is 31.6. The van der Waals surface area contributed by atoms with Crippen LogP contribution in [0.25, 0.3) is 0 Å². The molecule has 0 saturated carbocycles. The summed E-state index contributed by atoms with van der Waals surface area (Å²) in [6, 6.07) is 20.1. The lowest BCUT2D eigenvalue weighted by molar-refractivity contribution is -0.123. The third-order valence-corrected chi connectivity index (χ3v) is 9.54. The monoisotopic (exact) mass is 599 g/mol. The highest BCUT2D eigenvalue weighted by Crippen LogP contribution is 2.57. The molecule has 1 N–H and O–H groups in total. The lowest BCUT2D eigenvalue weighted by Gasteiger charge is -2.42. The molecule has 2 amide bonds. The molecule has 0 spiro atoms. The molecule has 1 fully saturated rings. The van der Waals surface area contributed by atoms with Crippen molar-refractivity contribution in [2.24, 2.45) is 17.8 Å². The van der Waals surface area contributed by atoms with Gasteiger partial charge in [0.15, 0.2) is 17.3 Å². The first-order valence-electron chi connectivity index (χ1n) is 14.8. The largest absolute Gasteiger partial charge is 0.507 e. The smallest absolute Gasteiger partial charge is 0.238 e. The Labute approximate surface area is 259 Å². The molecule has 224 valence electrons. The third-order valence-electron chi connectivity index (χ3n) is 9.54. The summed E-state index contributed by atoms with van der Waals surface area (Å²) in [7, 11) is 1.47. The average Bonchev–Trinajstić information content (AvgIpc) is 3.32. The molecule has 8 heteroatoms. The maximum Gasteiger partial charge on any atom is 0.238 e. The van der Waals surface area contributed by atoms with E-state index in [-0.39, 0.29) is 47.4 Å². The number of aromatic hydroxyl groups is 1. The number of phenolic OH excluding ortho intramolecular Hbond substituents is 1. The number of Topliss-reactive ketones (excluding diaryl/α,β-unsaturated/α-hetero) is 1. The summed E-state index contributed by atoms with van der Waals surface area (Å²) in [5, 5.41) is 11.1. The number of imide groups is 1. The Bertz CT molecular complexity index is 1920. The van der Waals surface area contributed by atoms with E-state index in [4.69, 9.17) is 4.74 Å². The van der Waals surface area contributed by atoms with Gasteiger partial charge in [-0.05, 0) is 68.2 Å². The number of ether oxygens (including phenoxy) is 1. The fourth-order valence-corrected chi connectivity index (χ4v) is 7.47. The summed E-state index contributed by atoms with van der Waals surface area (Å²) in [6.45, 7) is 1.59. The number of anilines is 1. The van der Waals surface area contributed by atoms with E-state index < -0.39 is 29.6 Å². The normalized spacial score (nSPS) is 24.1. The first kappa shape index (κ1) is 28.4. The summed E-state index contributed by atoms with van der Waals surface area (Å²) in [5.74, 6) is -4.06. The van der Waals surface area contributed by atoms with Crippen LogP contribution in [-0.4, -0.2) is 41.4 Å². The van der Waals surface area contributed by atoms with Crippen molar-refractivity contribution in [3.8, 4) is 11.5 Å². The zero-order valence-corrected chi connectivity index (χ0v) is 24.7. The van der Waals surface area contributed by atoms with Crippen LogP contribution >= 0.6 is 0 Å². The Morgan fingerprint density at radius 1 is 0.867 bits per heavy atom. The Kier molecular flexibility index (Phi) is 6.73. The predicted octanol–water partition coefficient (Wildman–Crippen LogP) is 5.27. The number of benzene rings is 3. The second-order valence-corrected chi connectivity index (χ2v) is 11.9.